The maximum Gasteiger partial charge on any atom is 0.0672 e. The Morgan fingerprint density at radius 1 is 1.20 bits per heavy atom. The molecule has 0 aromatic carbocycles. The van der Waals surface area contributed by atoms with Crippen molar-refractivity contribution in [2.24, 2.45) is 11.8 Å². The molecule has 2 fully saturated rings. The summed E-state index contributed by atoms with van der Waals surface area (Å²) in [5.41, 5.74) is 0. The zero-order chi connectivity index (χ0) is 10.5. The minimum atomic E-state index is 0.281. The van der Waals surface area contributed by atoms with Crippen molar-refractivity contribution in [2.75, 3.05) is 18.1 Å². The lowest BCUT2D eigenvalue weighted by Gasteiger charge is -2.24. The number of rotatable bonds is 3. The van der Waals surface area contributed by atoms with Crippen molar-refractivity contribution in [3.05, 3.63) is 0 Å². The lowest BCUT2D eigenvalue weighted by molar-refractivity contribution is 0.386. The van der Waals surface area contributed by atoms with E-state index in [9.17, 15) is 0 Å². The van der Waals surface area contributed by atoms with E-state index in [1.807, 2.05) is 0 Å². The molecule has 0 bridgehead atoms. The normalized spacial score (nSPS) is 32.7. The third kappa shape index (κ3) is 3.12. The van der Waals surface area contributed by atoms with Crippen molar-refractivity contribution >= 4 is 11.8 Å². The predicted octanol–water partition coefficient (Wildman–Crippen LogP) is 2.41. The second kappa shape index (κ2) is 5.77. The molecular formula is C12H20N2S. The highest BCUT2D eigenvalue weighted by Crippen LogP contribution is 2.26. The molecule has 2 aliphatic rings. The molecule has 0 spiro atoms. The smallest absolute Gasteiger partial charge is 0.0672 e. The van der Waals surface area contributed by atoms with Crippen molar-refractivity contribution in [3.63, 3.8) is 0 Å². The van der Waals surface area contributed by atoms with Gasteiger partial charge in [0.1, 0.15) is 0 Å². The van der Waals surface area contributed by atoms with Crippen molar-refractivity contribution in [1.82, 2.24) is 5.32 Å². The van der Waals surface area contributed by atoms with Crippen LogP contribution in [-0.2, 0) is 0 Å². The fourth-order valence-corrected chi connectivity index (χ4v) is 3.83. The Bertz CT molecular complexity index is 230. The molecule has 2 unspecified atom stereocenters. The van der Waals surface area contributed by atoms with E-state index >= 15 is 0 Å². The van der Waals surface area contributed by atoms with Gasteiger partial charge >= 0.3 is 0 Å². The minimum absolute atomic E-state index is 0.281. The summed E-state index contributed by atoms with van der Waals surface area (Å²) < 4.78 is 0. The van der Waals surface area contributed by atoms with Crippen molar-refractivity contribution in [3.8, 4) is 6.07 Å². The minimum Gasteiger partial charge on any atom is -0.312 e. The Morgan fingerprint density at radius 2 is 2.00 bits per heavy atom. The first kappa shape index (κ1) is 11.3. The highest BCUT2D eigenvalue weighted by Gasteiger charge is 2.27. The highest BCUT2D eigenvalue weighted by atomic mass is 32.2. The molecule has 2 rings (SSSR count). The van der Waals surface area contributed by atoms with Crippen molar-refractivity contribution in [2.45, 2.75) is 38.1 Å². The maximum absolute atomic E-state index is 8.98. The standard InChI is InChI=1S/C12H20N2S/c13-8-11-2-1-3-12(11)14-9-10-4-6-15-7-5-10/h10-12,14H,1-7,9H2. The highest BCUT2D eigenvalue weighted by molar-refractivity contribution is 7.99. The third-order valence-electron chi connectivity index (χ3n) is 3.69. The quantitative estimate of drug-likeness (QED) is 0.799. The van der Waals surface area contributed by atoms with E-state index in [1.165, 1.54) is 37.2 Å². The number of thioether (sulfide) groups is 1. The van der Waals surface area contributed by atoms with Gasteiger partial charge in [-0.15, -0.1) is 0 Å². The summed E-state index contributed by atoms with van der Waals surface area (Å²) in [6.45, 7) is 1.14. The van der Waals surface area contributed by atoms with Crippen LogP contribution in [0.5, 0.6) is 0 Å². The fraction of sp³-hybridized carbons (Fsp3) is 0.917. The Morgan fingerprint density at radius 3 is 2.73 bits per heavy atom. The van der Waals surface area contributed by atoms with Crippen LogP contribution in [0.15, 0.2) is 0 Å². The largest absolute Gasteiger partial charge is 0.312 e. The van der Waals surface area contributed by atoms with Gasteiger partial charge in [0, 0.05) is 6.04 Å². The average molecular weight is 224 g/mol. The molecule has 0 aromatic rings. The van der Waals surface area contributed by atoms with Gasteiger partial charge < -0.3 is 5.32 Å². The first-order chi connectivity index (χ1) is 7.40. The lowest BCUT2D eigenvalue weighted by atomic mass is 10.0. The second-order valence-electron chi connectivity index (χ2n) is 4.74. The number of hydrogen-bond donors (Lipinski definition) is 1. The van der Waals surface area contributed by atoms with Crippen LogP contribution in [-0.4, -0.2) is 24.1 Å². The summed E-state index contributed by atoms with van der Waals surface area (Å²) in [7, 11) is 0. The molecule has 1 saturated heterocycles. The Hall–Kier alpha value is -0.200. The third-order valence-corrected chi connectivity index (χ3v) is 4.74. The van der Waals surface area contributed by atoms with Crippen LogP contribution in [0.4, 0.5) is 0 Å². The Labute approximate surface area is 96.8 Å². The summed E-state index contributed by atoms with van der Waals surface area (Å²) in [5.74, 6) is 3.81. The number of nitrogens with one attached hydrogen (secondary N) is 1. The van der Waals surface area contributed by atoms with Crippen LogP contribution >= 0.6 is 11.8 Å². The molecule has 0 amide bonds. The van der Waals surface area contributed by atoms with Gasteiger partial charge in [0.15, 0.2) is 0 Å². The summed E-state index contributed by atoms with van der Waals surface area (Å²) in [6, 6.07) is 2.93. The van der Waals surface area contributed by atoms with Gasteiger partial charge in [-0.05, 0) is 49.7 Å². The predicted molar refractivity (Wildman–Crippen MR) is 64.8 cm³/mol. The molecule has 1 heterocycles. The van der Waals surface area contributed by atoms with Gasteiger partial charge in [0.25, 0.3) is 0 Å². The summed E-state index contributed by atoms with van der Waals surface area (Å²) in [6.07, 6.45) is 6.27. The maximum atomic E-state index is 8.98. The molecule has 0 radical (unpaired) electrons. The molecule has 0 aromatic heterocycles. The van der Waals surface area contributed by atoms with Crippen LogP contribution in [0.3, 0.4) is 0 Å². The molecule has 3 heteroatoms. The van der Waals surface area contributed by atoms with Gasteiger partial charge in [-0.2, -0.15) is 17.0 Å². The molecule has 2 atom stereocenters. The average Bonchev–Trinajstić information content (AvgIpc) is 2.75. The first-order valence-corrected chi connectivity index (χ1v) is 7.26. The SMILES string of the molecule is N#CC1CCCC1NCC1CCSCC1. The number of nitriles is 1. The second-order valence-corrected chi connectivity index (χ2v) is 5.96. The summed E-state index contributed by atoms with van der Waals surface area (Å²) in [5, 5.41) is 12.6. The molecule has 1 aliphatic carbocycles. The Balaban J connectivity index is 1.70. The number of hydrogen-bond acceptors (Lipinski definition) is 3. The van der Waals surface area contributed by atoms with Crippen LogP contribution in [0.2, 0.25) is 0 Å². The van der Waals surface area contributed by atoms with E-state index in [2.05, 4.69) is 23.1 Å². The van der Waals surface area contributed by atoms with Crippen molar-refractivity contribution in [1.29, 1.82) is 5.26 Å². The number of nitrogens with zero attached hydrogens (tertiary/aromatic N) is 1. The van der Waals surface area contributed by atoms with Gasteiger partial charge in [-0.3, -0.25) is 0 Å². The van der Waals surface area contributed by atoms with E-state index in [1.54, 1.807) is 0 Å². The topological polar surface area (TPSA) is 35.8 Å². The van der Waals surface area contributed by atoms with Crippen molar-refractivity contribution < 1.29 is 0 Å². The van der Waals surface area contributed by atoms with E-state index in [0.717, 1.165) is 18.9 Å². The van der Waals surface area contributed by atoms with Crippen LogP contribution in [0.1, 0.15) is 32.1 Å². The molecule has 1 N–H and O–H groups in total. The zero-order valence-electron chi connectivity index (χ0n) is 9.24. The van der Waals surface area contributed by atoms with E-state index in [-0.39, 0.29) is 5.92 Å². The molecule has 1 saturated carbocycles. The van der Waals surface area contributed by atoms with E-state index in [0.29, 0.717) is 6.04 Å². The molecule has 1 aliphatic heterocycles. The molecular weight excluding hydrogens is 204 g/mol. The summed E-state index contributed by atoms with van der Waals surface area (Å²) in [4.78, 5) is 0. The van der Waals surface area contributed by atoms with Crippen LogP contribution < -0.4 is 5.32 Å². The fourth-order valence-electron chi connectivity index (χ4n) is 2.63. The molecule has 84 valence electrons. The Kier molecular flexibility index (Phi) is 4.34. The first-order valence-electron chi connectivity index (χ1n) is 6.11. The lowest BCUT2D eigenvalue weighted by Crippen LogP contribution is -2.36. The van der Waals surface area contributed by atoms with Crippen LogP contribution in [0, 0.1) is 23.2 Å². The molecule has 2 nitrogen and oxygen atoms in total. The van der Waals surface area contributed by atoms with Crippen LogP contribution in [0.25, 0.3) is 0 Å². The van der Waals surface area contributed by atoms with E-state index in [4.69, 9.17) is 5.26 Å². The monoisotopic (exact) mass is 224 g/mol. The van der Waals surface area contributed by atoms with Gasteiger partial charge in [0.05, 0.1) is 12.0 Å². The van der Waals surface area contributed by atoms with Gasteiger partial charge in [-0.1, -0.05) is 6.42 Å². The zero-order valence-corrected chi connectivity index (χ0v) is 10.1. The van der Waals surface area contributed by atoms with Gasteiger partial charge in [-0.25, -0.2) is 0 Å². The van der Waals surface area contributed by atoms with E-state index < -0.39 is 0 Å². The van der Waals surface area contributed by atoms with Gasteiger partial charge in [0.2, 0.25) is 0 Å². The summed E-state index contributed by atoms with van der Waals surface area (Å²) >= 11 is 2.08. The molecule has 15 heavy (non-hydrogen) atoms.